The van der Waals surface area contributed by atoms with E-state index >= 15 is 0 Å². The van der Waals surface area contributed by atoms with Crippen molar-refractivity contribution in [3.63, 3.8) is 0 Å². The molecule has 0 amide bonds. The van der Waals surface area contributed by atoms with E-state index in [2.05, 4.69) is 4.90 Å². The Morgan fingerprint density at radius 2 is 1.89 bits per heavy atom. The summed E-state index contributed by atoms with van der Waals surface area (Å²) in [6.45, 7) is 1.28. The molecule has 0 radical (unpaired) electrons. The second-order valence-electron chi connectivity index (χ2n) is 7.89. The zero-order valence-corrected chi connectivity index (χ0v) is 15.9. The number of ether oxygens (including phenoxy) is 1. The van der Waals surface area contributed by atoms with Crippen LogP contribution in [0.15, 0.2) is 48.5 Å². The largest absolute Gasteiger partial charge is 0.496 e. The van der Waals surface area contributed by atoms with Crippen LogP contribution in [0.5, 0.6) is 5.75 Å². The average molecular weight is 369 g/mol. The predicted octanol–water partition coefficient (Wildman–Crippen LogP) is 4.49. The Kier molecular flexibility index (Phi) is 5.20. The summed E-state index contributed by atoms with van der Waals surface area (Å²) in [6.07, 6.45) is 5.05. The van der Waals surface area contributed by atoms with Crippen LogP contribution in [0.25, 0.3) is 0 Å². The fraction of sp³-hybridized carbons (Fsp3) is 0.478. The Labute approximate surface area is 160 Å². The first kappa shape index (κ1) is 18.5. The number of halogens is 1. The van der Waals surface area contributed by atoms with Crippen LogP contribution in [-0.4, -0.2) is 29.7 Å². The Bertz CT molecular complexity index is 781. The van der Waals surface area contributed by atoms with Crippen molar-refractivity contribution >= 4 is 0 Å². The number of aliphatic hydroxyl groups is 1. The maximum absolute atomic E-state index is 14.5. The minimum Gasteiger partial charge on any atom is -0.496 e. The molecule has 0 aromatic heterocycles. The number of hydrogen-bond acceptors (Lipinski definition) is 3. The summed E-state index contributed by atoms with van der Waals surface area (Å²) in [6, 6.07) is 15.4. The van der Waals surface area contributed by atoms with Crippen LogP contribution in [0.3, 0.4) is 0 Å². The molecule has 1 saturated heterocycles. The molecule has 27 heavy (non-hydrogen) atoms. The summed E-state index contributed by atoms with van der Waals surface area (Å²) in [7, 11) is 1.59. The smallest absolute Gasteiger partial charge is 0.131 e. The van der Waals surface area contributed by atoms with Gasteiger partial charge in [-0.3, -0.25) is 4.90 Å². The van der Waals surface area contributed by atoms with E-state index < -0.39 is 5.60 Å². The highest BCUT2D eigenvalue weighted by atomic mass is 19.1. The maximum atomic E-state index is 14.5. The molecule has 3 nitrogen and oxygen atoms in total. The molecule has 3 atom stereocenters. The van der Waals surface area contributed by atoms with Gasteiger partial charge in [0.2, 0.25) is 0 Å². The lowest BCUT2D eigenvalue weighted by molar-refractivity contribution is -0.123. The lowest BCUT2D eigenvalue weighted by Crippen LogP contribution is -2.57. The van der Waals surface area contributed by atoms with Crippen molar-refractivity contribution in [1.82, 2.24) is 4.90 Å². The van der Waals surface area contributed by atoms with E-state index in [1.54, 1.807) is 13.2 Å². The van der Waals surface area contributed by atoms with Gasteiger partial charge in [0, 0.05) is 30.6 Å². The zero-order chi connectivity index (χ0) is 18.9. The molecule has 2 aliphatic rings. The normalized spacial score (nSPS) is 28.6. The third kappa shape index (κ3) is 3.37. The van der Waals surface area contributed by atoms with E-state index in [-0.39, 0.29) is 17.8 Å². The molecule has 1 N–H and O–H groups in total. The number of methoxy groups -OCH3 is 1. The first-order chi connectivity index (χ1) is 13.1. The maximum Gasteiger partial charge on any atom is 0.131 e. The molecule has 1 saturated carbocycles. The number of benzene rings is 2. The summed E-state index contributed by atoms with van der Waals surface area (Å²) >= 11 is 0. The third-order valence-corrected chi connectivity index (χ3v) is 6.52. The standard InChI is InChI=1S/C23H28FNO2/c1-27-22-13-7-11-20(24)18(22)16-25-15-14-23(26,17-8-3-2-4-9-17)19-10-5-6-12-21(19)25/h2-4,7-9,11,13,19,21,26H,5-6,10,12,14-16H2,1H3/t19-,21+,23+/m0/s1. The predicted molar refractivity (Wildman–Crippen MR) is 104 cm³/mol. The van der Waals surface area contributed by atoms with Crippen molar-refractivity contribution in [2.24, 2.45) is 5.92 Å². The van der Waals surface area contributed by atoms with Gasteiger partial charge in [0.25, 0.3) is 0 Å². The zero-order valence-electron chi connectivity index (χ0n) is 15.9. The molecular formula is C23H28FNO2. The van der Waals surface area contributed by atoms with Gasteiger partial charge >= 0.3 is 0 Å². The highest BCUT2D eigenvalue weighted by Gasteiger charge is 2.49. The van der Waals surface area contributed by atoms with Gasteiger partial charge in [-0.15, -0.1) is 0 Å². The number of likely N-dealkylation sites (tertiary alicyclic amines) is 1. The van der Waals surface area contributed by atoms with Crippen molar-refractivity contribution in [1.29, 1.82) is 0 Å². The van der Waals surface area contributed by atoms with E-state index in [0.29, 0.717) is 24.3 Å². The minimum atomic E-state index is -0.790. The molecule has 2 aromatic rings. The summed E-state index contributed by atoms with van der Waals surface area (Å²) in [5.41, 5.74) is 0.849. The van der Waals surface area contributed by atoms with Gasteiger partial charge in [-0.2, -0.15) is 0 Å². The molecule has 1 aliphatic carbocycles. The SMILES string of the molecule is COc1cccc(F)c1CN1CC[C@@](O)(c2ccccc2)[C@H]2CCCC[C@H]21. The fourth-order valence-electron chi connectivity index (χ4n) is 5.14. The molecule has 4 heteroatoms. The highest BCUT2D eigenvalue weighted by molar-refractivity contribution is 5.35. The number of hydrogen-bond donors (Lipinski definition) is 1. The monoisotopic (exact) mass is 369 g/mol. The summed E-state index contributed by atoms with van der Waals surface area (Å²) in [4.78, 5) is 2.36. The van der Waals surface area contributed by atoms with E-state index in [1.165, 1.54) is 6.07 Å². The van der Waals surface area contributed by atoms with Gasteiger partial charge in [-0.05, 0) is 37.0 Å². The van der Waals surface area contributed by atoms with Gasteiger partial charge in [0.15, 0.2) is 0 Å². The minimum absolute atomic E-state index is 0.181. The number of fused-ring (bicyclic) bond motifs is 1. The Hall–Kier alpha value is -1.91. The number of piperidine rings is 1. The van der Waals surface area contributed by atoms with Crippen LogP contribution < -0.4 is 4.74 Å². The first-order valence-electron chi connectivity index (χ1n) is 9.97. The van der Waals surface area contributed by atoms with E-state index in [9.17, 15) is 9.50 Å². The van der Waals surface area contributed by atoms with Crippen LogP contribution in [0.2, 0.25) is 0 Å². The van der Waals surface area contributed by atoms with Crippen LogP contribution in [-0.2, 0) is 12.1 Å². The molecule has 144 valence electrons. The quantitative estimate of drug-likeness (QED) is 0.862. The Morgan fingerprint density at radius 3 is 2.67 bits per heavy atom. The van der Waals surface area contributed by atoms with Crippen molar-refractivity contribution < 1.29 is 14.2 Å². The summed E-state index contributed by atoms with van der Waals surface area (Å²) in [5, 5.41) is 11.7. The third-order valence-electron chi connectivity index (χ3n) is 6.52. The molecule has 0 spiro atoms. The second kappa shape index (κ2) is 7.61. The second-order valence-corrected chi connectivity index (χ2v) is 7.89. The fourth-order valence-corrected chi connectivity index (χ4v) is 5.14. The van der Waals surface area contributed by atoms with Crippen molar-refractivity contribution in [2.75, 3.05) is 13.7 Å². The molecule has 2 fully saturated rings. The van der Waals surface area contributed by atoms with Crippen molar-refractivity contribution in [3.8, 4) is 5.75 Å². The first-order valence-corrected chi connectivity index (χ1v) is 9.97. The highest BCUT2D eigenvalue weighted by Crippen LogP contribution is 2.47. The van der Waals surface area contributed by atoms with E-state index in [1.807, 2.05) is 36.4 Å². The van der Waals surface area contributed by atoms with Gasteiger partial charge < -0.3 is 9.84 Å². The topological polar surface area (TPSA) is 32.7 Å². The van der Waals surface area contributed by atoms with Crippen molar-refractivity contribution in [3.05, 3.63) is 65.5 Å². The number of rotatable bonds is 4. The number of nitrogens with zero attached hydrogens (tertiary/aromatic N) is 1. The van der Waals surface area contributed by atoms with Gasteiger partial charge in [0.05, 0.1) is 12.7 Å². The Morgan fingerprint density at radius 1 is 1.11 bits per heavy atom. The Balaban J connectivity index is 1.63. The van der Waals surface area contributed by atoms with Crippen LogP contribution in [0, 0.1) is 11.7 Å². The lowest BCUT2D eigenvalue weighted by Gasteiger charge is -2.52. The molecule has 2 aromatic carbocycles. The summed E-state index contributed by atoms with van der Waals surface area (Å²) < 4.78 is 19.9. The molecule has 0 bridgehead atoms. The molecule has 1 heterocycles. The van der Waals surface area contributed by atoms with Gasteiger partial charge in [0.1, 0.15) is 11.6 Å². The van der Waals surface area contributed by atoms with Gasteiger partial charge in [-0.25, -0.2) is 4.39 Å². The average Bonchev–Trinajstić information content (AvgIpc) is 2.72. The molecule has 1 aliphatic heterocycles. The molecule has 0 unspecified atom stereocenters. The van der Waals surface area contributed by atoms with Crippen LogP contribution in [0.4, 0.5) is 4.39 Å². The molecule has 4 rings (SSSR count). The molecular weight excluding hydrogens is 341 g/mol. The summed E-state index contributed by atoms with van der Waals surface area (Å²) in [5.74, 6) is 0.567. The van der Waals surface area contributed by atoms with Gasteiger partial charge in [-0.1, -0.05) is 49.2 Å². The lowest BCUT2D eigenvalue weighted by atomic mass is 9.66. The van der Waals surface area contributed by atoms with Crippen LogP contribution in [0.1, 0.15) is 43.2 Å². The van der Waals surface area contributed by atoms with E-state index in [0.717, 1.165) is 37.8 Å². The van der Waals surface area contributed by atoms with E-state index in [4.69, 9.17) is 4.74 Å². The van der Waals surface area contributed by atoms with Crippen LogP contribution >= 0.6 is 0 Å². The van der Waals surface area contributed by atoms with Crippen molar-refractivity contribution in [2.45, 2.75) is 50.3 Å².